The molecular formula is C15H14O2S. The van der Waals surface area contributed by atoms with Gasteiger partial charge in [-0.15, -0.1) is 12.6 Å². The monoisotopic (exact) mass is 258 g/mol. The molecule has 1 unspecified atom stereocenters. The molecular weight excluding hydrogens is 244 g/mol. The molecule has 0 aromatic heterocycles. The Hall–Kier alpha value is -1.74. The summed E-state index contributed by atoms with van der Waals surface area (Å²) in [5.41, 5.74) is 1.81. The van der Waals surface area contributed by atoms with E-state index in [-0.39, 0.29) is 5.92 Å². The van der Waals surface area contributed by atoms with Crippen molar-refractivity contribution in [2.75, 3.05) is 7.11 Å². The highest BCUT2D eigenvalue weighted by molar-refractivity contribution is 7.80. The van der Waals surface area contributed by atoms with Crippen molar-refractivity contribution in [2.24, 2.45) is 0 Å². The molecule has 0 spiro atoms. The van der Waals surface area contributed by atoms with Crippen LogP contribution >= 0.6 is 12.6 Å². The molecule has 92 valence electrons. The van der Waals surface area contributed by atoms with Gasteiger partial charge in [-0.25, -0.2) is 0 Å². The Balaban J connectivity index is 2.48. The van der Waals surface area contributed by atoms with E-state index in [0.717, 1.165) is 28.1 Å². The van der Waals surface area contributed by atoms with Crippen molar-refractivity contribution in [3.05, 3.63) is 59.7 Å². The van der Waals surface area contributed by atoms with Gasteiger partial charge in [0.25, 0.3) is 0 Å². The Kier molecular flexibility index (Phi) is 4.05. The minimum absolute atomic E-state index is 0.311. The van der Waals surface area contributed by atoms with E-state index in [1.165, 1.54) is 0 Å². The maximum Gasteiger partial charge on any atom is 0.131 e. The van der Waals surface area contributed by atoms with Crippen molar-refractivity contribution in [3.63, 3.8) is 0 Å². The minimum Gasteiger partial charge on any atom is -0.497 e. The molecule has 0 radical (unpaired) electrons. The van der Waals surface area contributed by atoms with E-state index in [9.17, 15) is 4.79 Å². The molecule has 2 aromatic carbocycles. The number of aldehydes is 1. The third-order valence-corrected chi connectivity index (χ3v) is 3.27. The van der Waals surface area contributed by atoms with Gasteiger partial charge in [-0.3, -0.25) is 0 Å². The molecule has 0 aliphatic heterocycles. The zero-order valence-electron chi connectivity index (χ0n) is 10.0. The molecule has 0 saturated heterocycles. The molecule has 0 aliphatic rings. The van der Waals surface area contributed by atoms with Crippen LogP contribution in [0.25, 0.3) is 0 Å². The summed E-state index contributed by atoms with van der Waals surface area (Å²) in [6, 6.07) is 15.2. The van der Waals surface area contributed by atoms with E-state index in [1.807, 2.05) is 48.5 Å². The lowest BCUT2D eigenvalue weighted by Crippen LogP contribution is -2.03. The summed E-state index contributed by atoms with van der Waals surface area (Å²) >= 11 is 4.41. The second-order valence-electron chi connectivity index (χ2n) is 3.95. The summed E-state index contributed by atoms with van der Waals surface area (Å²) in [6.45, 7) is 0. The van der Waals surface area contributed by atoms with Crippen LogP contribution in [0.2, 0.25) is 0 Å². The summed E-state index contributed by atoms with van der Waals surface area (Å²) in [4.78, 5) is 12.2. The van der Waals surface area contributed by atoms with Crippen molar-refractivity contribution >= 4 is 18.9 Å². The molecule has 0 fully saturated rings. The summed E-state index contributed by atoms with van der Waals surface area (Å²) < 4.78 is 5.19. The number of carbonyl (C=O) groups excluding carboxylic acids is 1. The molecule has 0 aliphatic carbocycles. The number of methoxy groups -OCH3 is 1. The van der Waals surface area contributed by atoms with Gasteiger partial charge in [0.2, 0.25) is 0 Å². The fraction of sp³-hybridized carbons (Fsp3) is 0.133. The first-order chi connectivity index (χ1) is 8.76. The predicted molar refractivity (Wildman–Crippen MR) is 74.6 cm³/mol. The number of carbonyl (C=O) groups is 1. The van der Waals surface area contributed by atoms with Gasteiger partial charge in [-0.2, -0.15) is 0 Å². The molecule has 0 saturated carbocycles. The van der Waals surface area contributed by atoms with E-state index in [4.69, 9.17) is 4.74 Å². The molecule has 0 amide bonds. The van der Waals surface area contributed by atoms with Crippen LogP contribution in [-0.4, -0.2) is 13.4 Å². The fourth-order valence-electron chi connectivity index (χ4n) is 1.90. The van der Waals surface area contributed by atoms with Crippen molar-refractivity contribution in [1.82, 2.24) is 0 Å². The number of hydrogen-bond donors (Lipinski definition) is 1. The molecule has 3 heteroatoms. The summed E-state index contributed by atoms with van der Waals surface area (Å²) in [5.74, 6) is 0.416. The number of benzene rings is 2. The lowest BCUT2D eigenvalue weighted by molar-refractivity contribution is -0.108. The van der Waals surface area contributed by atoms with Gasteiger partial charge >= 0.3 is 0 Å². The van der Waals surface area contributed by atoms with Gasteiger partial charge in [-0.1, -0.05) is 30.3 Å². The number of hydrogen-bond acceptors (Lipinski definition) is 3. The van der Waals surface area contributed by atoms with Gasteiger partial charge in [0.05, 0.1) is 13.0 Å². The van der Waals surface area contributed by atoms with E-state index in [2.05, 4.69) is 12.6 Å². The average Bonchev–Trinajstić information content (AvgIpc) is 2.43. The second kappa shape index (κ2) is 5.74. The Morgan fingerprint density at radius 2 is 1.89 bits per heavy atom. The number of rotatable bonds is 4. The normalized spacial score (nSPS) is 11.9. The lowest BCUT2D eigenvalue weighted by Gasteiger charge is -2.14. The molecule has 2 rings (SSSR count). The summed E-state index contributed by atoms with van der Waals surface area (Å²) in [5, 5.41) is 0. The van der Waals surface area contributed by atoms with Crippen LogP contribution in [0, 0.1) is 0 Å². The molecule has 2 nitrogen and oxygen atoms in total. The van der Waals surface area contributed by atoms with Crippen LogP contribution in [-0.2, 0) is 4.79 Å². The van der Waals surface area contributed by atoms with Crippen LogP contribution in [0.4, 0.5) is 0 Å². The number of thiol groups is 1. The van der Waals surface area contributed by atoms with Crippen molar-refractivity contribution in [1.29, 1.82) is 0 Å². The first kappa shape index (κ1) is 12.7. The van der Waals surface area contributed by atoms with Gasteiger partial charge in [0.15, 0.2) is 0 Å². The number of ether oxygens (including phenoxy) is 1. The molecule has 0 bridgehead atoms. The third kappa shape index (κ3) is 2.57. The largest absolute Gasteiger partial charge is 0.497 e. The molecule has 0 N–H and O–H groups in total. The third-order valence-electron chi connectivity index (χ3n) is 2.86. The van der Waals surface area contributed by atoms with Crippen molar-refractivity contribution < 1.29 is 9.53 Å². The minimum atomic E-state index is -0.311. The quantitative estimate of drug-likeness (QED) is 0.672. The molecule has 0 heterocycles. The zero-order valence-corrected chi connectivity index (χ0v) is 10.9. The molecule has 2 aromatic rings. The lowest BCUT2D eigenvalue weighted by atomic mass is 9.92. The van der Waals surface area contributed by atoms with Crippen LogP contribution in [0.15, 0.2) is 53.4 Å². The SMILES string of the molecule is COc1ccc(S)c(C(C=O)c2ccccc2)c1. The Labute approximate surface area is 112 Å². The van der Waals surface area contributed by atoms with Crippen molar-refractivity contribution in [2.45, 2.75) is 10.8 Å². The second-order valence-corrected chi connectivity index (χ2v) is 4.43. The highest BCUT2D eigenvalue weighted by Crippen LogP contribution is 2.30. The predicted octanol–water partition coefficient (Wildman–Crippen LogP) is 3.31. The topological polar surface area (TPSA) is 26.3 Å². The highest BCUT2D eigenvalue weighted by atomic mass is 32.1. The maximum atomic E-state index is 11.4. The van der Waals surface area contributed by atoms with Crippen molar-refractivity contribution in [3.8, 4) is 5.75 Å². The van der Waals surface area contributed by atoms with E-state index in [0.29, 0.717) is 0 Å². The van der Waals surface area contributed by atoms with Gasteiger partial charge in [0, 0.05) is 4.90 Å². The van der Waals surface area contributed by atoms with Crippen LogP contribution in [0.1, 0.15) is 17.0 Å². The average molecular weight is 258 g/mol. The maximum absolute atomic E-state index is 11.4. The first-order valence-electron chi connectivity index (χ1n) is 5.63. The highest BCUT2D eigenvalue weighted by Gasteiger charge is 2.16. The summed E-state index contributed by atoms with van der Waals surface area (Å²) in [7, 11) is 1.61. The Bertz CT molecular complexity index is 537. The van der Waals surface area contributed by atoms with Crippen LogP contribution < -0.4 is 4.74 Å². The van der Waals surface area contributed by atoms with Crippen LogP contribution in [0.3, 0.4) is 0 Å². The zero-order chi connectivity index (χ0) is 13.0. The first-order valence-corrected chi connectivity index (χ1v) is 6.08. The van der Waals surface area contributed by atoms with Crippen LogP contribution in [0.5, 0.6) is 5.75 Å². The smallest absolute Gasteiger partial charge is 0.131 e. The van der Waals surface area contributed by atoms with E-state index in [1.54, 1.807) is 7.11 Å². The summed E-state index contributed by atoms with van der Waals surface area (Å²) in [6.07, 6.45) is 0.934. The van der Waals surface area contributed by atoms with Gasteiger partial charge < -0.3 is 9.53 Å². The van der Waals surface area contributed by atoms with E-state index >= 15 is 0 Å². The van der Waals surface area contributed by atoms with Gasteiger partial charge in [-0.05, 0) is 29.3 Å². The Morgan fingerprint density at radius 1 is 1.17 bits per heavy atom. The Morgan fingerprint density at radius 3 is 2.50 bits per heavy atom. The van der Waals surface area contributed by atoms with E-state index < -0.39 is 0 Å². The molecule has 1 atom stereocenters. The fourth-order valence-corrected chi connectivity index (χ4v) is 2.18. The standard InChI is InChI=1S/C15H14O2S/c1-17-12-7-8-15(18)13(9-12)14(10-16)11-5-3-2-4-6-11/h2-10,14,18H,1H3. The van der Waals surface area contributed by atoms with Gasteiger partial charge in [0.1, 0.15) is 12.0 Å². The molecule has 18 heavy (non-hydrogen) atoms.